The summed E-state index contributed by atoms with van der Waals surface area (Å²) in [5.41, 5.74) is 0.837. The highest BCUT2D eigenvalue weighted by atomic mass is 16.6. The monoisotopic (exact) mass is 312 g/mol. The summed E-state index contributed by atoms with van der Waals surface area (Å²) in [5, 5.41) is 0.982. The van der Waals surface area contributed by atoms with E-state index in [1.54, 1.807) is 20.8 Å². The summed E-state index contributed by atoms with van der Waals surface area (Å²) in [7, 11) is 0. The van der Waals surface area contributed by atoms with Gasteiger partial charge in [0.1, 0.15) is 11.3 Å². The highest BCUT2D eigenvalue weighted by molar-refractivity contribution is 6.05. The van der Waals surface area contributed by atoms with Crippen molar-refractivity contribution in [1.82, 2.24) is 9.47 Å². The summed E-state index contributed by atoms with van der Waals surface area (Å²) >= 11 is 0. The smallest absolute Gasteiger partial charge is 0.417 e. The van der Waals surface area contributed by atoms with Gasteiger partial charge in [0.2, 0.25) is 0 Å². The summed E-state index contributed by atoms with van der Waals surface area (Å²) in [6.07, 6.45) is 3.16. The molecule has 0 unspecified atom stereocenters. The average Bonchev–Trinajstić information content (AvgIpc) is 2.81. The molecule has 5 nitrogen and oxygen atoms in total. The van der Waals surface area contributed by atoms with Crippen LogP contribution in [0.15, 0.2) is 42.5 Å². The number of amides is 2. The van der Waals surface area contributed by atoms with Crippen molar-refractivity contribution >= 4 is 22.9 Å². The lowest BCUT2D eigenvalue weighted by Gasteiger charge is -2.26. The van der Waals surface area contributed by atoms with Crippen LogP contribution in [0, 0.1) is 0 Å². The van der Waals surface area contributed by atoms with Gasteiger partial charge in [0.05, 0.1) is 6.54 Å². The first kappa shape index (κ1) is 15.3. The van der Waals surface area contributed by atoms with Gasteiger partial charge in [-0.25, -0.2) is 9.69 Å². The van der Waals surface area contributed by atoms with Crippen LogP contribution in [0.25, 0.3) is 10.9 Å². The lowest BCUT2D eigenvalue weighted by Crippen LogP contribution is -2.42. The number of carbonyl (C=O) groups is 2. The van der Waals surface area contributed by atoms with Gasteiger partial charge >= 0.3 is 6.09 Å². The molecule has 0 N–H and O–H groups in total. The van der Waals surface area contributed by atoms with E-state index in [1.165, 1.54) is 0 Å². The van der Waals surface area contributed by atoms with Gasteiger partial charge in [-0.1, -0.05) is 30.4 Å². The van der Waals surface area contributed by atoms with Crippen LogP contribution in [0.4, 0.5) is 4.79 Å². The van der Waals surface area contributed by atoms with Gasteiger partial charge in [0.15, 0.2) is 0 Å². The molecule has 0 aliphatic carbocycles. The summed E-state index contributed by atoms with van der Waals surface area (Å²) in [6, 6.07) is 9.63. The second kappa shape index (κ2) is 5.57. The Morgan fingerprint density at radius 2 is 1.83 bits per heavy atom. The Bertz CT molecular complexity index is 796. The minimum atomic E-state index is -0.643. The van der Waals surface area contributed by atoms with E-state index in [0.717, 1.165) is 15.8 Å². The van der Waals surface area contributed by atoms with Crippen molar-refractivity contribution in [2.24, 2.45) is 0 Å². The van der Waals surface area contributed by atoms with Crippen LogP contribution < -0.4 is 0 Å². The molecule has 23 heavy (non-hydrogen) atoms. The van der Waals surface area contributed by atoms with E-state index in [4.69, 9.17) is 4.74 Å². The van der Waals surface area contributed by atoms with Crippen LogP contribution in [0.3, 0.4) is 0 Å². The number of ether oxygens (including phenoxy) is 1. The average molecular weight is 312 g/mol. The maximum Gasteiger partial charge on any atom is 0.417 e. The van der Waals surface area contributed by atoms with Crippen LogP contribution in [0.2, 0.25) is 0 Å². The first-order chi connectivity index (χ1) is 10.9. The third kappa shape index (κ3) is 2.99. The topological polar surface area (TPSA) is 51.5 Å². The number of para-hydroxylation sites is 1. The lowest BCUT2D eigenvalue weighted by atomic mass is 10.2. The van der Waals surface area contributed by atoms with Gasteiger partial charge < -0.3 is 9.30 Å². The van der Waals surface area contributed by atoms with Crippen molar-refractivity contribution in [3.05, 3.63) is 48.2 Å². The third-order valence-corrected chi connectivity index (χ3v) is 3.63. The summed E-state index contributed by atoms with van der Waals surface area (Å²) in [4.78, 5) is 26.4. The molecule has 2 heterocycles. The number of aromatic nitrogens is 1. The molecule has 0 bridgehead atoms. The number of allylic oxidation sites excluding steroid dienone is 1. The number of fused-ring (bicyclic) bond motifs is 3. The Labute approximate surface area is 135 Å². The van der Waals surface area contributed by atoms with Crippen LogP contribution in [-0.4, -0.2) is 33.6 Å². The van der Waals surface area contributed by atoms with E-state index >= 15 is 0 Å². The standard InChI is InChI=1S/C18H20N2O3/c1-18(2,3)23-17(22)20-11-7-6-10-19-14-9-5-4-8-13(14)12-15(19)16(20)21/h4-9,12H,10-11H2,1-3H3/b7-6-. The highest BCUT2D eigenvalue weighted by Gasteiger charge is 2.30. The SMILES string of the molecule is CC(C)(C)OC(=O)N1C/C=C\Cn2c(cc3ccccc32)C1=O. The molecule has 1 aliphatic heterocycles. The number of benzene rings is 1. The minimum Gasteiger partial charge on any atom is -0.443 e. The van der Waals surface area contributed by atoms with Gasteiger partial charge in [0, 0.05) is 17.4 Å². The largest absolute Gasteiger partial charge is 0.443 e. The predicted molar refractivity (Wildman–Crippen MR) is 88.3 cm³/mol. The van der Waals surface area contributed by atoms with E-state index in [1.807, 2.05) is 47.1 Å². The molecule has 2 aromatic rings. The van der Waals surface area contributed by atoms with E-state index in [0.29, 0.717) is 12.2 Å². The number of carbonyl (C=O) groups excluding carboxylic acids is 2. The van der Waals surface area contributed by atoms with Crippen LogP contribution in [0.1, 0.15) is 31.3 Å². The molecule has 1 aliphatic rings. The van der Waals surface area contributed by atoms with Crippen molar-refractivity contribution < 1.29 is 14.3 Å². The highest BCUT2D eigenvalue weighted by Crippen LogP contribution is 2.23. The fourth-order valence-electron chi connectivity index (χ4n) is 2.64. The molecular formula is C18H20N2O3. The van der Waals surface area contributed by atoms with Crippen LogP contribution in [-0.2, 0) is 11.3 Å². The van der Waals surface area contributed by atoms with Crippen molar-refractivity contribution in [1.29, 1.82) is 0 Å². The van der Waals surface area contributed by atoms with E-state index in [-0.39, 0.29) is 12.5 Å². The second-order valence-electron chi connectivity index (χ2n) is 6.57. The quantitative estimate of drug-likeness (QED) is 0.699. The molecule has 0 saturated heterocycles. The molecule has 0 saturated carbocycles. The zero-order chi connectivity index (χ0) is 16.6. The second-order valence-corrected chi connectivity index (χ2v) is 6.57. The maximum absolute atomic E-state index is 12.9. The van der Waals surface area contributed by atoms with Crippen molar-refractivity contribution in [3.63, 3.8) is 0 Å². The molecule has 120 valence electrons. The van der Waals surface area contributed by atoms with Crippen LogP contribution in [0.5, 0.6) is 0 Å². The van der Waals surface area contributed by atoms with Gasteiger partial charge in [-0.3, -0.25) is 4.79 Å². The maximum atomic E-state index is 12.9. The summed E-state index contributed by atoms with van der Waals surface area (Å²) in [5.74, 6) is -0.334. The minimum absolute atomic E-state index is 0.218. The lowest BCUT2D eigenvalue weighted by molar-refractivity contribution is 0.0256. The number of hydrogen-bond donors (Lipinski definition) is 0. The number of rotatable bonds is 0. The number of hydrogen-bond acceptors (Lipinski definition) is 3. The summed E-state index contributed by atoms with van der Waals surface area (Å²) in [6.45, 7) is 6.18. The van der Waals surface area contributed by atoms with Gasteiger partial charge in [-0.05, 0) is 32.9 Å². The van der Waals surface area contributed by atoms with Gasteiger partial charge in [-0.2, -0.15) is 0 Å². The zero-order valence-corrected chi connectivity index (χ0v) is 13.6. The van der Waals surface area contributed by atoms with E-state index < -0.39 is 11.7 Å². The first-order valence-electron chi connectivity index (χ1n) is 7.65. The summed E-state index contributed by atoms with van der Waals surface area (Å²) < 4.78 is 7.28. The molecule has 2 amide bonds. The van der Waals surface area contributed by atoms with Gasteiger partial charge in [-0.15, -0.1) is 0 Å². The van der Waals surface area contributed by atoms with E-state index in [2.05, 4.69) is 0 Å². The van der Waals surface area contributed by atoms with Crippen molar-refractivity contribution in [2.45, 2.75) is 32.9 Å². The molecule has 0 radical (unpaired) electrons. The Balaban J connectivity index is 2.02. The fraction of sp³-hybridized carbons (Fsp3) is 0.333. The first-order valence-corrected chi connectivity index (χ1v) is 7.65. The third-order valence-electron chi connectivity index (χ3n) is 3.63. The molecule has 1 aromatic carbocycles. The molecule has 3 rings (SSSR count). The zero-order valence-electron chi connectivity index (χ0n) is 13.6. The molecule has 1 aromatic heterocycles. The Morgan fingerprint density at radius 3 is 2.57 bits per heavy atom. The van der Waals surface area contributed by atoms with Gasteiger partial charge in [0.25, 0.3) is 5.91 Å². The molecule has 5 heteroatoms. The van der Waals surface area contributed by atoms with Crippen LogP contribution >= 0.6 is 0 Å². The molecule has 0 fully saturated rings. The van der Waals surface area contributed by atoms with E-state index in [9.17, 15) is 9.59 Å². The van der Waals surface area contributed by atoms with Crippen molar-refractivity contribution in [2.75, 3.05) is 6.54 Å². The van der Waals surface area contributed by atoms with Crippen molar-refractivity contribution in [3.8, 4) is 0 Å². The molecule has 0 atom stereocenters. The normalized spacial score (nSPS) is 16.7. The Morgan fingerprint density at radius 1 is 1.13 bits per heavy atom. The predicted octanol–water partition coefficient (Wildman–Crippen LogP) is 3.59. The molecule has 0 spiro atoms. The Kier molecular flexibility index (Phi) is 3.72. The fourth-order valence-corrected chi connectivity index (χ4v) is 2.64. The number of imide groups is 1. The molecular weight excluding hydrogens is 292 g/mol. The Hall–Kier alpha value is -2.56. The number of nitrogens with zero attached hydrogens (tertiary/aromatic N) is 2.